The fourth-order valence-corrected chi connectivity index (χ4v) is 2.45. The van der Waals surface area contributed by atoms with E-state index in [1.54, 1.807) is 30.4 Å². The number of carbonyl (C=O) groups is 2. The summed E-state index contributed by atoms with van der Waals surface area (Å²) in [5, 5.41) is 0. The minimum Gasteiger partial charge on any atom is -0.461 e. The van der Waals surface area contributed by atoms with Crippen LogP contribution < -0.4 is 0 Å². The minimum atomic E-state index is -0.380. The van der Waals surface area contributed by atoms with Crippen molar-refractivity contribution in [3.8, 4) is 0 Å². The van der Waals surface area contributed by atoms with E-state index in [9.17, 15) is 9.59 Å². The summed E-state index contributed by atoms with van der Waals surface area (Å²) in [6.07, 6.45) is 0. The molecule has 0 unspecified atom stereocenters. The van der Waals surface area contributed by atoms with E-state index in [1.165, 1.54) is 0 Å². The molecule has 0 atom stereocenters. The molecule has 0 radical (unpaired) electrons. The third-order valence-electron chi connectivity index (χ3n) is 3.66. The normalized spacial score (nSPS) is 10.5. The molecule has 1 heterocycles. The van der Waals surface area contributed by atoms with Gasteiger partial charge < -0.3 is 14.2 Å². The Balaban J connectivity index is 3.33. The highest BCUT2D eigenvalue weighted by Crippen LogP contribution is 2.23. The molecule has 0 bridgehead atoms. The predicted octanol–water partition coefficient (Wildman–Crippen LogP) is 2.30. The molecular formula is C15H24N2O3. The molecule has 0 saturated heterocycles. The molecule has 1 aromatic rings. The van der Waals surface area contributed by atoms with Crippen LogP contribution in [0.4, 0.5) is 0 Å². The highest BCUT2D eigenvalue weighted by molar-refractivity contribution is 6.01. The van der Waals surface area contributed by atoms with Crippen molar-refractivity contribution in [3.63, 3.8) is 0 Å². The molecule has 0 saturated carbocycles. The second kappa shape index (κ2) is 6.59. The standard InChI is InChI=1S/C15H24N2O3/c1-7-17(8-2)14(18)12-10(4)13(15(19)20-9-3)16(6)11(12)5/h7-9H2,1-6H3. The number of amides is 1. The van der Waals surface area contributed by atoms with Crippen LogP contribution in [-0.4, -0.2) is 41.0 Å². The molecule has 0 aliphatic heterocycles. The van der Waals surface area contributed by atoms with Crippen molar-refractivity contribution in [2.24, 2.45) is 7.05 Å². The number of aromatic nitrogens is 1. The van der Waals surface area contributed by atoms with Gasteiger partial charge in [-0.1, -0.05) is 0 Å². The molecule has 0 N–H and O–H groups in total. The van der Waals surface area contributed by atoms with Crippen molar-refractivity contribution in [1.29, 1.82) is 0 Å². The zero-order chi connectivity index (χ0) is 15.4. The average molecular weight is 280 g/mol. The quantitative estimate of drug-likeness (QED) is 0.778. The van der Waals surface area contributed by atoms with Gasteiger partial charge in [-0.3, -0.25) is 4.79 Å². The Bertz CT molecular complexity index is 514. The molecular weight excluding hydrogens is 256 g/mol. The van der Waals surface area contributed by atoms with Crippen molar-refractivity contribution < 1.29 is 14.3 Å². The Morgan fingerprint density at radius 1 is 1.15 bits per heavy atom. The lowest BCUT2D eigenvalue weighted by molar-refractivity contribution is 0.0514. The summed E-state index contributed by atoms with van der Waals surface area (Å²) in [4.78, 5) is 26.3. The monoisotopic (exact) mass is 280 g/mol. The van der Waals surface area contributed by atoms with Gasteiger partial charge in [0, 0.05) is 25.8 Å². The summed E-state index contributed by atoms with van der Waals surface area (Å²) in [7, 11) is 1.79. The molecule has 1 rings (SSSR count). The number of hydrogen-bond acceptors (Lipinski definition) is 3. The van der Waals surface area contributed by atoms with E-state index in [1.807, 2.05) is 20.8 Å². The Morgan fingerprint density at radius 3 is 2.15 bits per heavy atom. The van der Waals surface area contributed by atoms with Gasteiger partial charge in [-0.05, 0) is 40.2 Å². The number of rotatable bonds is 5. The van der Waals surface area contributed by atoms with Gasteiger partial charge in [-0.15, -0.1) is 0 Å². The second-order valence-corrected chi connectivity index (χ2v) is 4.69. The van der Waals surface area contributed by atoms with Gasteiger partial charge in [0.25, 0.3) is 5.91 Å². The van der Waals surface area contributed by atoms with Crippen LogP contribution in [0.15, 0.2) is 0 Å². The fourth-order valence-electron chi connectivity index (χ4n) is 2.45. The molecule has 112 valence electrons. The van der Waals surface area contributed by atoms with Crippen LogP contribution in [0.3, 0.4) is 0 Å². The number of hydrogen-bond donors (Lipinski definition) is 0. The van der Waals surface area contributed by atoms with Gasteiger partial charge in [-0.25, -0.2) is 4.79 Å². The number of ether oxygens (including phenoxy) is 1. The fraction of sp³-hybridized carbons (Fsp3) is 0.600. The van der Waals surface area contributed by atoms with Crippen LogP contribution in [0, 0.1) is 13.8 Å². The van der Waals surface area contributed by atoms with E-state index in [-0.39, 0.29) is 11.9 Å². The van der Waals surface area contributed by atoms with Gasteiger partial charge >= 0.3 is 5.97 Å². The smallest absolute Gasteiger partial charge is 0.355 e. The predicted molar refractivity (Wildman–Crippen MR) is 78.1 cm³/mol. The third kappa shape index (κ3) is 2.71. The number of esters is 1. The van der Waals surface area contributed by atoms with E-state index < -0.39 is 0 Å². The summed E-state index contributed by atoms with van der Waals surface area (Å²) in [5.74, 6) is -0.412. The van der Waals surface area contributed by atoms with Crippen molar-refractivity contribution in [2.45, 2.75) is 34.6 Å². The van der Waals surface area contributed by atoms with E-state index >= 15 is 0 Å². The molecule has 5 nitrogen and oxygen atoms in total. The third-order valence-corrected chi connectivity index (χ3v) is 3.66. The number of carbonyl (C=O) groups excluding carboxylic acids is 2. The van der Waals surface area contributed by atoms with Crippen molar-refractivity contribution in [2.75, 3.05) is 19.7 Å². The average Bonchev–Trinajstić information content (AvgIpc) is 2.62. The lowest BCUT2D eigenvalue weighted by atomic mass is 10.1. The topological polar surface area (TPSA) is 51.5 Å². The molecule has 1 amide bonds. The van der Waals surface area contributed by atoms with E-state index in [2.05, 4.69) is 0 Å². The SMILES string of the molecule is CCOC(=O)c1c(C)c(C(=O)N(CC)CC)c(C)n1C. The molecule has 0 aliphatic carbocycles. The van der Waals surface area contributed by atoms with E-state index in [0.29, 0.717) is 36.5 Å². The van der Waals surface area contributed by atoms with Crippen LogP contribution >= 0.6 is 0 Å². The first kappa shape index (κ1) is 16.3. The summed E-state index contributed by atoms with van der Waals surface area (Å²) < 4.78 is 6.81. The largest absolute Gasteiger partial charge is 0.461 e. The molecule has 20 heavy (non-hydrogen) atoms. The van der Waals surface area contributed by atoms with Crippen LogP contribution in [0.5, 0.6) is 0 Å². The van der Waals surface area contributed by atoms with Crippen LogP contribution in [0.2, 0.25) is 0 Å². The van der Waals surface area contributed by atoms with Gasteiger partial charge in [0.05, 0.1) is 12.2 Å². The van der Waals surface area contributed by atoms with E-state index in [4.69, 9.17) is 4.74 Å². The van der Waals surface area contributed by atoms with Crippen molar-refractivity contribution in [1.82, 2.24) is 9.47 Å². The molecule has 0 aliphatic rings. The van der Waals surface area contributed by atoms with Gasteiger partial charge in [0.15, 0.2) is 0 Å². The highest BCUT2D eigenvalue weighted by atomic mass is 16.5. The van der Waals surface area contributed by atoms with Gasteiger partial charge in [0.2, 0.25) is 0 Å². The first-order chi connectivity index (χ1) is 9.40. The second-order valence-electron chi connectivity index (χ2n) is 4.69. The Labute approximate surface area is 120 Å². The Hall–Kier alpha value is -1.78. The number of nitrogens with zero attached hydrogens (tertiary/aromatic N) is 2. The van der Waals surface area contributed by atoms with Crippen LogP contribution in [-0.2, 0) is 11.8 Å². The zero-order valence-electron chi connectivity index (χ0n) is 13.2. The molecule has 0 aromatic carbocycles. The van der Waals surface area contributed by atoms with Crippen LogP contribution in [0.25, 0.3) is 0 Å². The maximum absolute atomic E-state index is 12.6. The van der Waals surface area contributed by atoms with Crippen molar-refractivity contribution >= 4 is 11.9 Å². The Kier molecular flexibility index (Phi) is 5.36. The molecule has 5 heteroatoms. The summed E-state index contributed by atoms with van der Waals surface area (Å²) in [5.41, 5.74) is 2.56. The minimum absolute atomic E-state index is 0.0313. The highest BCUT2D eigenvalue weighted by Gasteiger charge is 2.27. The first-order valence-corrected chi connectivity index (χ1v) is 7.02. The zero-order valence-corrected chi connectivity index (χ0v) is 13.2. The van der Waals surface area contributed by atoms with Crippen LogP contribution in [0.1, 0.15) is 52.9 Å². The maximum Gasteiger partial charge on any atom is 0.355 e. The summed E-state index contributed by atoms with van der Waals surface area (Å²) in [6, 6.07) is 0. The molecule has 1 aromatic heterocycles. The Morgan fingerprint density at radius 2 is 1.70 bits per heavy atom. The van der Waals surface area contributed by atoms with Gasteiger partial charge in [-0.2, -0.15) is 0 Å². The summed E-state index contributed by atoms with van der Waals surface area (Å²) >= 11 is 0. The van der Waals surface area contributed by atoms with Gasteiger partial charge in [0.1, 0.15) is 5.69 Å². The van der Waals surface area contributed by atoms with E-state index in [0.717, 1.165) is 5.69 Å². The maximum atomic E-state index is 12.6. The summed E-state index contributed by atoms with van der Waals surface area (Å²) in [6.45, 7) is 10.9. The van der Waals surface area contributed by atoms with Crippen molar-refractivity contribution in [3.05, 3.63) is 22.5 Å². The molecule has 0 spiro atoms. The lowest BCUT2D eigenvalue weighted by Crippen LogP contribution is -2.31. The first-order valence-electron chi connectivity index (χ1n) is 7.02. The molecule has 0 fully saturated rings. The lowest BCUT2D eigenvalue weighted by Gasteiger charge is -2.19.